The first-order valence-corrected chi connectivity index (χ1v) is 8.88. The molecule has 2 aliphatic heterocycles. The molecule has 0 unspecified atom stereocenters. The minimum atomic E-state index is -0.492. The summed E-state index contributed by atoms with van der Waals surface area (Å²) in [6, 6.07) is 12.6. The molecule has 2 aromatic rings. The van der Waals surface area contributed by atoms with Gasteiger partial charge < -0.3 is 9.64 Å². The number of nitrogens with zero attached hydrogens (tertiary/aromatic N) is 2. The molecule has 0 spiro atoms. The van der Waals surface area contributed by atoms with Crippen LogP contribution in [0.3, 0.4) is 0 Å². The molecule has 27 heavy (non-hydrogen) atoms. The highest BCUT2D eigenvalue weighted by atomic mass is 19.1. The summed E-state index contributed by atoms with van der Waals surface area (Å²) in [6.07, 6.45) is 1.95. The molecule has 2 aromatic carbocycles. The number of carbonyl (C=O) groups is 2. The maximum absolute atomic E-state index is 13.7. The van der Waals surface area contributed by atoms with Crippen molar-refractivity contribution in [3.05, 3.63) is 65.6 Å². The van der Waals surface area contributed by atoms with Gasteiger partial charge in [-0.25, -0.2) is 9.29 Å². The lowest BCUT2D eigenvalue weighted by molar-refractivity contribution is -0.120. The molecular formula is C21H19FN2O3. The number of imide groups is 1. The fourth-order valence-corrected chi connectivity index (χ4v) is 3.62. The minimum absolute atomic E-state index is 0.241. The van der Waals surface area contributed by atoms with Crippen LogP contribution in [0.15, 0.2) is 54.2 Å². The Kier molecular flexibility index (Phi) is 4.39. The van der Waals surface area contributed by atoms with Crippen LogP contribution in [0.2, 0.25) is 0 Å². The number of rotatable bonds is 4. The van der Waals surface area contributed by atoms with E-state index in [1.807, 2.05) is 4.90 Å². The van der Waals surface area contributed by atoms with Crippen molar-refractivity contribution in [3.63, 3.8) is 0 Å². The Balaban J connectivity index is 1.82. The molecule has 1 saturated heterocycles. The number of anilines is 1. The standard InChI is InChI=1S/C21H19FN2O3/c1-27-17-9-7-14(8-10-17)18-19(23-11-2-3-12-23)21(26)24(20(18)25)16-6-4-5-15(22)13-16/h4-10,13H,2-3,11-12H2,1H3. The second kappa shape index (κ2) is 6.87. The first-order chi connectivity index (χ1) is 13.1. The van der Waals surface area contributed by atoms with Crippen LogP contribution in [0.4, 0.5) is 10.1 Å². The molecule has 2 amide bonds. The SMILES string of the molecule is COc1ccc(C2=C(N3CCCC3)C(=O)N(c3cccc(F)c3)C2=O)cc1. The number of hydrogen-bond donors (Lipinski definition) is 0. The molecule has 0 bridgehead atoms. The Bertz CT molecular complexity index is 931. The summed E-state index contributed by atoms with van der Waals surface area (Å²) in [5, 5.41) is 0. The van der Waals surface area contributed by atoms with Crippen molar-refractivity contribution in [1.82, 2.24) is 4.90 Å². The van der Waals surface area contributed by atoms with Crippen LogP contribution in [-0.4, -0.2) is 36.9 Å². The normalized spacial score (nSPS) is 17.3. The van der Waals surface area contributed by atoms with Crippen LogP contribution < -0.4 is 9.64 Å². The molecular weight excluding hydrogens is 347 g/mol. The van der Waals surface area contributed by atoms with Gasteiger partial charge >= 0.3 is 0 Å². The molecule has 0 N–H and O–H groups in total. The van der Waals surface area contributed by atoms with Crippen molar-refractivity contribution in [1.29, 1.82) is 0 Å². The molecule has 0 aromatic heterocycles. The van der Waals surface area contributed by atoms with Crippen LogP contribution >= 0.6 is 0 Å². The summed E-state index contributed by atoms with van der Waals surface area (Å²) in [7, 11) is 1.57. The minimum Gasteiger partial charge on any atom is -0.497 e. The van der Waals surface area contributed by atoms with Gasteiger partial charge in [0.1, 0.15) is 17.3 Å². The maximum Gasteiger partial charge on any atom is 0.282 e. The van der Waals surface area contributed by atoms with Gasteiger partial charge in [0, 0.05) is 13.1 Å². The summed E-state index contributed by atoms with van der Waals surface area (Å²) < 4.78 is 18.9. The van der Waals surface area contributed by atoms with E-state index in [4.69, 9.17) is 4.74 Å². The molecule has 4 rings (SSSR count). The molecule has 138 valence electrons. The number of hydrogen-bond acceptors (Lipinski definition) is 4. The third-order valence-electron chi connectivity index (χ3n) is 4.93. The van der Waals surface area contributed by atoms with Gasteiger partial charge in [-0.05, 0) is 48.7 Å². The van der Waals surface area contributed by atoms with Gasteiger partial charge in [-0.15, -0.1) is 0 Å². The van der Waals surface area contributed by atoms with Crippen LogP contribution in [0, 0.1) is 5.82 Å². The van der Waals surface area contributed by atoms with E-state index in [-0.39, 0.29) is 5.69 Å². The van der Waals surface area contributed by atoms with Gasteiger partial charge in [-0.3, -0.25) is 9.59 Å². The number of benzene rings is 2. The predicted octanol–water partition coefficient (Wildman–Crippen LogP) is 3.21. The molecule has 0 aliphatic carbocycles. The number of methoxy groups -OCH3 is 1. The third kappa shape index (κ3) is 2.97. The zero-order chi connectivity index (χ0) is 19.0. The van der Waals surface area contributed by atoms with Crippen LogP contribution in [0.25, 0.3) is 5.57 Å². The summed E-state index contributed by atoms with van der Waals surface area (Å²) in [5.74, 6) is -0.662. The second-order valence-electron chi connectivity index (χ2n) is 6.57. The van der Waals surface area contributed by atoms with Crippen molar-refractivity contribution in [2.24, 2.45) is 0 Å². The maximum atomic E-state index is 13.7. The van der Waals surface area contributed by atoms with Crippen molar-refractivity contribution in [2.75, 3.05) is 25.1 Å². The van der Waals surface area contributed by atoms with Crippen molar-refractivity contribution >= 4 is 23.1 Å². The Labute approximate surface area is 156 Å². The van der Waals surface area contributed by atoms with Gasteiger partial charge in [-0.2, -0.15) is 0 Å². The second-order valence-corrected chi connectivity index (χ2v) is 6.57. The lowest BCUT2D eigenvalue weighted by atomic mass is 10.0. The molecule has 2 aliphatic rings. The van der Waals surface area contributed by atoms with Crippen molar-refractivity contribution in [3.8, 4) is 5.75 Å². The van der Waals surface area contributed by atoms with Gasteiger partial charge in [-0.1, -0.05) is 18.2 Å². The lowest BCUT2D eigenvalue weighted by Crippen LogP contribution is -2.34. The van der Waals surface area contributed by atoms with Gasteiger partial charge in [0.2, 0.25) is 0 Å². The predicted molar refractivity (Wildman–Crippen MR) is 99.6 cm³/mol. The number of halogens is 1. The van der Waals surface area contributed by atoms with Crippen LogP contribution in [0.5, 0.6) is 5.75 Å². The summed E-state index contributed by atoms with van der Waals surface area (Å²) >= 11 is 0. The smallest absolute Gasteiger partial charge is 0.282 e. The van der Waals surface area contributed by atoms with Crippen molar-refractivity contribution < 1.29 is 18.7 Å². The monoisotopic (exact) mass is 366 g/mol. The fourth-order valence-electron chi connectivity index (χ4n) is 3.62. The fraction of sp³-hybridized carbons (Fsp3) is 0.238. The highest BCUT2D eigenvalue weighted by molar-refractivity contribution is 6.45. The molecule has 2 heterocycles. The topological polar surface area (TPSA) is 49.9 Å². The molecule has 5 nitrogen and oxygen atoms in total. The van der Waals surface area contributed by atoms with Gasteiger partial charge in [0.15, 0.2) is 0 Å². The van der Waals surface area contributed by atoms with E-state index >= 15 is 0 Å². The molecule has 0 atom stereocenters. The third-order valence-corrected chi connectivity index (χ3v) is 4.93. The Morgan fingerprint density at radius 2 is 1.67 bits per heavy atom. The quantitative estimate of drug-likeness (QED) is 0.780. The Morgan fingerprint density at radius 3 is 2.30 bits per heavy atom. The van der Waals surface area contributed by atoms with E-state index in [1.54, 1.807) is 37.4 Å². The first-order valence-electron chi connectivity index (χ1n) is 8.88. The molecule has 0 radical (unpaired) electrons. The van der Waals surface area contributed by atoms with E-state index in [9.17, 15) is 14.0 Å². The Morgan fingerprint density at radius 1 is 0.963 bits per heavy atom. The van der Waals surface area contributed by atoms with E-state index in [0.29, 0.717) is 22.6 Å². The largest absolute Gasteiger partial charge is 0.497 e. The first kappa shape index (κ1) is 17.3. The average molecular weight is 366 g/mol. The molecule has 0 saturated carbocycles. The van der Waals surface area contributed by atoms with Crippen molar-refractivity contribution in [2.45, 2.75) is 12.8 Å². The van der Waals surface area contributed by atoms with Gasteiger partial charge in [0.05, 0.1) is 18.4 Å². The number of carbonyl (C=O) groups excluding carboxylic acids is 2. The Hall–Kier alpha value is -3.15. The molecule has 6 heteroatoms. The summed E-state index contributed by atoms with van der Waals surface area (Å²) in [6.45, 7) is 1.45. The van der Waals surface area contributed by atoms with E-state index in [0.717, 1.165) is 30.8 Å². The van der Waals surface area contributed by atoms with Crippen LogP contribution in [-0.2, 0) is 9.59 Å². The average Bonchev–Trinajstić information content (AvgIpc) is 3.28. The van der Waals surface area contributed by atoms with E-state index in [1.165, 1.54) is 18.2 Å². The zero-order valence-electron chi connectivity index (χ0n) is 14.9. The highest BCUT2D eigenvalue weighted by Gasteiger charge is 2.43. The van der Waals surface area contributed by atoms with Crippen LogP contribution in [0.1, 0.15) is 18.4 Å². The lowest BCUT2D eigenvalue weighted by Gasteiger charge is -2.20. The number of likely N-dealkylation sites (tertiary alicyclic amines) is 1. The molecule has 1 fully saturated rings. The summed E-state index contributed by atoms with van der Waals surface area (Å²) in [5.41, 5.74) is 1.64. The van der Waals surface area contributed by atoms with E-state index in [2.05, 4.69) is 0 Å². The summed E-state index contributed by atoms with van der Waals surface area (Å²) in [4.78, 5) is 29.4. The van der Waals surface area contributed by atoms with E-state index < -0.39 is 17.6 Å². The van der Waals surface area contributed by atoms with Gasteiger partial charge in [0.25, 0.3) is 11.8 Å². The zero-order valence-corrected chi connectivity index (χ0v) is 14.9. The number of amides is 2. The number of ether oxygens (including phenoxy) is 1. The highest BCUT2D eigenvalue weighted by Crippen LogP contribution is 2.36.